The van der Waals surface area contributed by atoms with Crippen molar-refractivity contribution in [2.24, 2.45) is 0 Å². The van der Waals surface area contributed by atoms with Gasteiger partial charge in [-0.2, -0.15) is 0 Å². The molecule has 38 heavy (non-hydrogen) atoms. The minimum absolute atomic E-state index is 0.000334. The molecule has 0 spiro atoms. The summed E-state index contributed by atoms with van der Waals surface area (Å²) < 4.78 is 11.7. The third-order valence-electron chi connectivity index (χ3n) is 6.02. The summed E-state index contributed by atoms with van der Waals surface area (Å²) >= 11 is 0. The molecule has 0 aliphatic heterocycles. The molecule has 5 aromatic carbocycles. The number of carbonyl (C=O) groups excluding carboxylic acids is 2. The Labute approximate surface area is 220 Å². The van der Waals surface area contributed by atoms with Crippen LogP contribution in [0.4, 0.5) is 0 Å². The molecule has 0 saturated heterocycles. The van der Waals surface area contributed by atoms with Crippen molar-refractivity contribution in [2.45, 2.75) is 6.92 Å². The van der Waals surface area contributed by atoms with Crippen molar-refractivity contribution in [1.29, 1.82) is 0 Å². The highest BCUT2D eigenvalue weighted by molar-refractivity contribution is 6.09. The van der Waals surface area contributed by atoms with Gasteiger partial charge in [0.25, 0.3) is 0 Å². The average Bonchev–Trinajstić information content (AvgIpc) is 2.95. The molecule has 5 rings (SSSR count). The van der Waals surface area contributed by atoms with E-state index in [9.17, 15) is 14.7 Å². The van der Waals surface area contributed by atoms with E-state index >= 15 is 0 Å². The number of Topliss-reactive ketones (excluding diaryl/α,β-unsaturated/α-hetero) is 1. The summed E-state index contributed by atoms with van der Waals surface area (Å²) in [4.78, 5) is 24.4. The molecule has 0 radical (unpaired) electrons. The molecule has 0 saturated carbocycles. The van der Waals surface area contributed by atoms with Crippen LogP contribution in [0, 0.1) is 0 Å². The van der Waals surface area contributed by atoms with Crippen molar-refractivity contribution in [3.8, 4) is 39.9 Å². The highest BCUT2D eigenvalue weighted by Crippen LogP contribution is 2.28. The maximum atomic E-state index is 13.0. The fraction of sp³-hybridized carbons (Fsp3) is 0.0303. The number of carbonyl (C=O) groups is 2. The van der Waals surface area contributed by atoms with E-state index in [4.69, 9.17) is 9.47 Å². The third kappa shape index (κ3) is 5.79. The SMILES string of the molecule is CC(=O)c1ccc(Oc2ccc(C(=O)c3ccc(Oc4ccc(-c5ccc(O)cc5)cc4)cc3)cc2)cc1. The van der Waals surface area contributed by atoms with E-state index in [0.717, 1.165) is 11.1 Å². The second-order valence-corrected chi connectivity index (χ2v) is 8.73. The summed E-state index contributed by atoms with van der Waals surface area (Å²) in [5.41, 5.74) is 3.73. The Hall–Kier alpha value is -5.16. The highest BCUT2D eigenvalue weighted by Gasteiger charge is 2.10. The standard InChI is InChI=1S/C33H24O5/c1-22(34)23-4-14-29(15-5-23)37-31-18-8-26(9-19-31)33(36)27-10-20-32(21-11-27)38-30-16-6-25(7-17-30)24-2-12-28(35)13-3-24/h2-21,35H,1H3. The number of aromatic hydroxyl groups is 1. The van der Waals surface area contributed by atoms with Crippen LogP contribution < -0.4 is 9.47 Å². The quantitative estimate of drug-likeness (QED) is 0.218. The van der Waals surface area contributed by atoms with Crippen molar-refractivity contribution < 1.29 is 24.2 Å². The number of phenolic OH excluding ortho intramolecular Hbond substituents is 1. The van der Waals surface area contributed by atoms with E-state index in [0.29, 0.717) is 39.7 Å². The molecule has 0 heterocycles. The van der Waals surface area contributed by atoms with Gasteiger partial charge in [0.05, 0.1) is 0 Å². The molecule has 1 N–H and O–H groups in total. The number of rotatable bonds is 8. The molecule has 0 fully saturated rings. The third-order valence-corrected chi connectivity index (χ3v) is 6.02. The molecule has 0 atom stereocenters. The minimum Gasteiger partial charge on any atom is -0.508 e. The molecular weight excluding hydrogens is 476 g/mol. The topological polar surface area (TPSA) is 72.8 Å². The number of ketones is 2. The van der Waals surface area contributed by atoms with Crippen LogP contribution in [0.25, 0.3) is 11.1 Å². The molecule has 0 bridgehead atoms. The van der Waals surface area contributed by atoms with Gasteiger partial charge >= 0.3 is 0 Å². The monoisotopic (exact) mass is 500 g/mol. The van der Waals surface area contributed by atoms with Crippen LogP contribution >= 0.6 is 0 Å². The van der Waals surface area contributed by atoms with E-state index in [1.807, 2.05) is 36.4 Å². The van der Waals surface area contributed by atoms with Gasteiger partial charge in [0.2, 0.25) is 0 Å². The zero-order valence-electron chi connectivity index (χ0n) is 20.6. The first-order valence-corrected chi connectivity index (χ1v) is 12.1. The Bertz CT molecular complexity index is 1550. The lowest BCUT2D eigenvalue weighted by Crippen LogP contribution is -2.01. The summed E-state index contributed by atoms with van der Waals surface area (Å²) in [6.07, 6.45) is 0. The van der Waals surface area contributed by atoms with Gasteiger partial charge in [0, 0.05) is 16.7 Å². The van der Waals surface area contributed by atoms with Crippen molar-refractivity contribution in [1.82, 2.24) is 0 Å². The van der Waals surface area contributed by atoms with Gasteiger partial charge < -0.3 is 14.6 Å². The van der Waals surface area contributed by atoms with Crippen LogP contribution in [0.5, 0.6) is 28.7 Å². The highest BCUT2D eigenvalue weighted by atomic mass is 16.5. The zero-order chi connectivity index (χ0) is 26.5. The number of benzene rings is 5. The van der Waals surface area contributed by atoms with E-state index in [1.54, 1.807) is 84.9 Å². The normalized spacial score (nSPS) is 10.6. The lowest BCUT2D eigenvalue weighted by molar-refractivity contribution is 0.101. The van der Waals surface area contributed by atoms with Crippen molar-refractivity contribution in [3.05, 3.63) is 138 Å². The molecule has 0 aliphatic rings. The summed E-state index contributed by atoms with van der Waals surface area (Å²) in [7, 11) is 0. The van der Waals surface area contributed by atoms with Gasteiger partial charge in [-0.25, -0.2) is 0 Å². The fourth-order valence-corrected chi connectivity index (χ4v) is 3.91. The molecule has 5 nitrogen and oxygen atoms in total. The van der Waals surface area contributed by atoms with Gasteiger partial charge in [-0.05, 0) is 115 Å². The Morgan fingerprint density at radius 1 is 0.474 bits per heavy atom. The molecule has 0 aromatic heterocycles. The number of phenols is 1. The molecule has 0 aliphatic carbocycles. The first-order valence-electron chi connectivity index (χ1n) is 12.1. The predicted molar refractivity (Wildman–Crippen MR) is 146 cm³/mol. The van der Waals surface area contributed by atoms with Gasteiger partial charge in [-0.15, -0.1) is 0 Å². The van der Waals surface area contributed by atoms with Gasteiger partial charge in [-0.3, -0.25) is 9.59 Å². The predicted octanol–water partition coefficient (Wildman–Crippen LogP) is 8.08. The van der Waals surface area contributed by atoms with E-state index in [-0.39, 0.29) is 17.3 Å². The largest absolute Gasteiger partial charge is 0.508 e. The second kappa shape index (κ2) is 10.8. The van der Waals surface area contributed by atoms with Crippen LogP contribution in [0.3, 0.4) is 0 Å². The molecule has 0 unspecified atom stereocenters. The maximum Gasteiger partial charge on any atom is 0.193 e. The van der Waals surface area contributed by atoms with Crippen LogP contribution in [-0.4, -0.2) is 16.7 Å². The maximum absolute atomic E-state index is 13.0. The van der Waals surface area contributed by atoms with E-state index in [1.165, 1.54) is 6.92 Å². The Morgan fingerprint density at radius 3 is 1.16 bits per heavy atom. The van der Waals surface area contributed by atoms with E-state index < -0.39 is 0 Å². The Balaban J connectivity index is 1.20. The van der Waals surface area contributed by atoms with Crippen molar-refractivity contribution in [3.63, 3.8) is 0 Å². The van der Waals surface area contributed by atoms with E-state index in [2.05, 4.69) is 0 Å². The summed E-state index contributed by atoms with van der Waals surface area (Å²) in [5.74, 6) is 2.64. The Morgan fingerprint density at radius 2 is 0.789 bits per heavy atom. The van der Waals surface area contributed by atoms with Crippen LogP contribution in [-0.2, 0) is 0 Å². The Kier molecular flexibility index (Phi) is 7.00. The van der Waals surface area contributed by atoms with Gasteiger partial charge in [0.1, 0.15) is 28.7 Å². The molecule has 5 aromatic rings. The molecule has 186 valence electrons. The number of hydrogen-bond acceptors (Lipinski definition) is 5. The number of hydrogen-bond donors (Lipinski definition) is 1. The summed E-state index contributed by atoms with van der Waals surface area (Å²) in [6, 6.07) is 35.5. The average molecular weight is 501 g/mol. The summed E-state index contributed by atoms with van der Waals surface area (Å²) in [5, 5.41) is 9.46. The minimum atomic E-state index is -0.104. The molecule has 0 amide bonds. The smallest absolute Gasteiger partial charge is 0.193 e. The lowest BCUT2D eigenvalue weighted by atomic mass is 10.0. The zero-order valence-corrected chi connectivity index (χ0v) is 20.6. The molecular formula is C33H24O5. The second-order valence-electron chi connectivity index (χ2n) is 8.73. The lowest BCUT2D eigenvalue weighted by Gasteiger charge is -2.09. The number of ether oxygens (including phenoxy) is 2. The fourth-order valence-electron chi connectivity index (χ4n) is 3.91. The summed E-state index contributed by atoms with van der Waals surface area (Å²) in [6.45, 7) is 1.52. The van der Waals surface area contributed by atoms with Gasteiger partial charge in [0.15, 0.2) is 11.6 Å². The van der Waals surface area contributed by atoms with Crippen LogP contribution in [0.2, 0.25) is 0 Å². The van der Waals surface area contributed by atoms with Gasteiger partial charge in [-0.1, -0.05) is 24.3 Å². The van der Waals surface area contributed by atoms with Crippen LogP contribution in [0.15, 0.2) is 121 Å². The van der Waals surface area contributed by atoms with Crippen molar-refractivity contribution >= 4 is 11.6 Å². The molecule has 5 heteroatoms. The van der Waals surface area contributed by atoms with Crippen molar-refractivity contribution in [2.75, 3.05) is 0 Å². The first-order chi connectivity index (χ1) is 18.4. The van der Waals surface area contributed by atoms with Crippen LogP contribution in [0.1, 0.15) is 33.2 Å². The first kappa shape index (κ1) is 24.5.